The largest absolute Gasteiger partial charge is 0.497 e. The molecule has 1 aliphatic heterocycles. The van der Waals surface area contributed by atoms with Crippen LogP contribution in [0.2, 0.25) is 0 Å². The lowest BCUT2D eigenvalue weighted by molar-refractivity contribution is -0.130. The van der Waals surface area contributed by atoms with Crippen molar-refractivity contribution in [2.75, 3.05) is 40.8 Å². The zero-order valence-corrected chi connectivity index (χ0v) is 13.8. The first-order chi connectivity index (χ1) is 10.6. The van der Waals surface area contributed by atoms with E-state index in [1.807, 2.05) is 26.2 Å². The summed E-state index contributed by atoms with van der Waals surface area (Å²) in [6, 6.07) is 8.68. The normalized spacial score (nSPS) is 16.5. The quantitative estimate of drug-likeness (QED) is 0.861. The lowest BCUT2D eigenvalue weighted by Gasteiger charge is -2.32. The van der Waals surface area contributed by atoms with Crippen molar-refractivity contribution in [2.45, 2.75) is 25.4 Å². The van der Waals surface area contributed by atoms with Crippen LogP contribution >= 0.6 is 0 Å². The van der Waals surface area contributed by atoms with Crippen molar-refractivity contribution in [3.05, 3.63) is 29.8 Å². The van der Waals surface area contributed by atoms with Crippen molar-refractivity contribution in [3.8, 4) is 5.75 Å². The van der Waals surface area contributed by atoms with Gasteiger partial charge >= 0.3 is 0 Å². The number of piperidine rings is 1. The molecule has 1 amide bonds. The Balaban J connectivity index is 1.72. The highest BCUT2D eigenvalue weighted by molar-refractivity contribution is 5.77. The minimum atomic E-state index is 0.183. The molecule has 1 aliphatic rings. The number of methoxy groups -OCH3 is 1. The number of ether oxygens (including phenoxy) is 1. The molecular weight excluding hydrogens is 278 g/mol. The summed E-state index contributed by atoms with van der Waals surface area (Å²) in [5.74, 6) is 1.08. The number of nitrogens with one attached hydrogen (secondary N) is 1. The van der Waals surface area contributed by atoms with E-state index in [0.29, 0.717) is 12.6 Å². The van der Waals surface area contributed by atoms with E-state index in [1.54, 1.807) is 12.0 Å². The van der Waals surface area contributed by atoms with E-state index in [0.717, 1.165) is 38.2 Å². The number of benzene rings is 1. The lowest BCUT2D eigenvalue weighted by Crippen LogP contribution is -2.45. The zero-order chi connectivity index (χ0) is 15.9. The Morgan fingerprint density at radius 2 is 2.09 bits per heavy atom. The average molecular weight is 305 g/mol. The summed E-state index contributed by atoms with van der Waals surface area (Å²) < 4.78 is 5.25. The van der Waals surface area contributed by atoms with Crippen molar-refractivity contribution < 1.29 is 9.53 Å². The van der Waals surface area contributed by atoms with Gasteiger partial charge in [-0.25, -0.2) is 0 Å². The molecule has 5 heteroatoms. The van der Waals surface area contributed by atoms with E-state index in [2.05, 4.69) is 22.3 Å². The highest BCUT2D eigenvalue weighted by Crippen LogP contribution is 2.14. The van der Waals surface area contributed by atoms with Gasteiger partial charge in [0.2, 0.25) is 5.91 Å². The average Bonchev–Trinajstić information content (AvgIpc) is 2.54. The maximum absolute atomic E-state index is 11.7. The Bertz CT molecular complexity index is 483. The zero-order valence-electron chi connectivity index (χ0n) is 13.8. The third-order valence-electron chi connectivity index (χ3n) is 4.17. The van der Waals surface area contributed by atoms with Crippen molar-refractivity contribution >= 4 is 5.91 Å². The number of hydrogen-bond donors (Lipinski definition) is 1. The van der Waals surface area contributed by atoms with Gasteiger partial charge in [0.1, 0.15) is 5.75 Å². The maximum atomic E-state index is 11.7. The Morgan fingerprint density at radius 3 is 2.73 bits per heavy atom. The minimum absolute atomic E-state index is 0.183. The second-order valence-corrected chi connectivity index (χ2v) is 6.07. The van der Waals surface area contributed by atoms with Gasteiger partial charge in [0.25, 0.3) is 0 Å². The third-order valence-corrected chi connectivity index (χ3v) is 4.17. The first-order valence-electron chi connectivity index (χ1n) is 7.87. The van der Waals surface area contributed by atoms with Crippen LogP contribution in [0.5, 0.6) is 5.75 Å². The van der Waals surface area contributed by atoms with Gasteiger partial charge in [-0.1, -0.05) is 12.1 Å². The summed E-state index contributed by atoms with van der Waals surface area (Å²) in [7, 11) is 5.31. The molecule has 1 saturated heterocycles. The summed E-state index contributed by atoms with van der Waals surface area (Å²) in [5.41, 5.74) is 1.24. The Kier molecular flexibility index (Phi) is 6.21. The topological polar surface area (TPSA) is 44.8 Å². The first kappa shape index (κ1) is 16.8. The van der Waals surface area contributed by atoms with Crippen LogP contribution < -0.4 is 10.1 Å². The molecule has 0 saturated carbocycles. The molecule has 0 unspecified atom stereocenters. The number of carbonyl (C=O) groups is 1. The van der Waals surface area contributed by atoms with Gasteiger partial charge in [0.15, 0.2) is 0 Å². The highest BCUT2D eigenvalue weighted by Gasteiger charge is 2.20. The van der Waals surface area contributed by atoms with Crippen molar-refractivity contribution in [1.29, 1.82) is 0 Å². The van der Waals surface area contributed by atoms with Gasteiger partial charge in [0, 0.05) is 39.8 Å². The molecule has 1 heterocycles. The third kappa shape index (κ3) is 5.00. The number of hydrogen-bond acceptors (Lipinski definition) is 4. The predicted octanol–water partition coefficient (Wildman–Crippen LogP) is 1.34. The first-order valence-corrected chi connectivity index (χ1v) is 7.87. The molecule has 1 fully saturated rings. The van der Waals surface area contributed by atoms with Crippen molar-refractivity contribution in [3.63, 3.8) is 0 Å². The molecule has 5 nitrogen and oxygen atoms in total. The van der Waals surface area contributed by atoms with Crippen LogP contribution in [0.1, 0.15) is 18.4 Å². The summed E-state index contributed by atoms with van der Waals surface area (Å²) in [6.45, 7) is 3.36. The Morgan fingerprint density at radius 1 is 1.36 bits per heavy atom. The van der Waals surface area contributed by atoms with Crippen LogP contribution in [-0.2, 0) is 11.3 Å². The van der Waals surface area contributed by atoms with E-state index in [9.17, 15) is 4.79 Å². The van der Waals surface area contributed by atoms with Gasteiger partial charge < -0.3 is 15.0 Å². The van der Waals surface area contributed by atoms with Crippen LogP contribution in [-0.4, -0.2) is 62.6 Å². The SMILES string of the molecule is COc1cccc(CNC2CCN(CC(=O)N(C)C)CC2)c1. The molecule has 0 aliphatic carbocycles. The molecule has 22 heavy (non-hydrogen) atoms. The summed E-state index contributed by atoms with van der Waals surface area (Å²) in [5, 5.41) is 3.61. The fraction of sp³-hybridized carbons (Fsp3) is 0.588. The smallest absolute Gasteiger partial charge is 0.236 e. The van der Waals surface area contributed by atoms with Crippen molar-refractivity contribution in [1.82, 2.24) is 15.1 Å². The fourth-order valence-corrected chi connectivity index (χ4v) is 2.67. The molecular formula is C17H27N3O2. The monoisotopic (exact) mass is 305 g/mol. The molecule has 2 rings (SSSR count). The fourth-order valence-electron chi connectivity index (χ4n) is 2.67. The van der Waals surface area contributed by atoms with E-state index >= 15 is 0 Å². The molecule has 0 bridgehead atoms. The van der Waals surface area contributed by atoms with Gasteiger partial charge in [-0.05, 0) is 30.5 Å². The predicted molar refractivity (Wildman–Crippen MR) is 88.0 cm³/mol. The molecule has 1 N–H and O–H groups in total. The number of likely N-dealkylation sites (N-methyl/N-ethyl adjacent to an activating group) is 1. The summed E-state index contributed by atoms with van der Waals surface area (Å²) >= 11 is 0. The van der Waals surface area contributed by atoms with Gasteiger partial charge in [-0.2, -0.15) is 0 Å². The molecule has 0 spiro atoms. The number of carbonyl (C=O) groups excluding carboxylic acids is 1. The molecule has 1 aromatic rings. The van der Waals surface area contributed by atoms with E-state index in [4.69, 9.17) is 4.74 Å². The maximum Gasteiger partial charge on any atom is 0.236 e. The van der Waals surface area contributed by atoms with E-state index in [1.165, 1.54) is 5.56 Å². The van der Waals surface area contributed by atoms with Crippen LogP contribution in [0.15, 0.2) is 24.3 Å². The Hall–Kier alpha value is -1.59. The number of likely N-dealkylation sites (tertiary alicyclic amines) is 1. The second kappa shape index (κ2) is 8.15. The van der Waals surface area contributed by atoms with Crippen LogP contribution in [0.25, 0.3) is 0 Å². The second-order valence-electron chi connectivity index (χ2n) is 6.07. The van der Waals surface area contributed by atoms with E-state index < -0.39 is 0 Å². The van der Waals surface area contributed by atoms with Gasteiger partial charge in [0.05, 0.1) is 13.7 Å². The molecule has 0 atom stereocenters. The standard InChI is InChI=1S/C17H27N3O2/c1-19(2)17(21)13-20-9-7-15(8-10-20)18-12-14-5-4-6-16(11-14)22-3/h4-6,11,15,18H,7-10,12-13H2,1-3H3. The summed E-state index contributed by atoms with van der Waals surface area (Å²) in [4.78, 5) is 15.6. The Labute approximate surface area is 133 Å². The lowest BCUT2D eigenvalue weighted by atomic mass is 10.0. The van der Waals surface area contributed by atoms with Crippen LogP contribution in [0.4, 0.5) is 0 Å². The molecule has 0 radical (unpaired) electrons. The minimum Gasteiger partial charge on any atom is -0.497 e. The van der Waals surface area contributed by atoms with Gasteiger partial charge in [-0.15, -0.1) is 0 Å². The van der Waals surface area contributed by atoms with Gasteiger partial charge in [-0.3, -0.25) is 9.69 Å². The molecule has 1 aromatic carbocycles. The molecule has 122 valence electrons. The summed E-state index contributed by atoms with van der Waals surface area (Å²) in [6.07, 6.45) is 2.18. The highest BCUT2D eigenvalue weighted by atomic mass is 16.5. The number of nitrogens with zero attached hydrogens (tertiary/aromatic N) is 2. The molecule has 0 aromatic heterocycles. The van der Waals surface area contributed by atoms with E-state index in [-0.39, 0.29) is 5.91 Å². The number of amides is 1. The van der Waals surface area contributed by atoms with Crippen LogP contribution in [0, 0.1) is 0 Å². The van der Waals surface area contributed by atoms with Crippen molar-refractivity contribution in [2.24, 2.45) is 0 Å². The van der Waals surface area contributed by atoms with Crippen LogP contribution in [0.3, 0.4) is 0 Å². The number of rotatable bonds is 6.